The Morgan fingerprint density at radius 2 is 2.24 bits per heavy atom. The highest BCUT2D eigenvalue weighted by molar-refractivity contribution is 7.99. The smallest absolute Gasteiger partial charge is 0.124 e. The van der Waals surface area contributed by atoms with Crippen LogP contribution in [0, 0.1) is 5.82 Å². The monoisotopic (exact) mass is 257 g/mol. The van der Waals surface area contributed by atoms with Crippen LogP contribution in [-0.2, 0) is 0 Å². The molecule has 0 aliphatic carbocycles. The van der Waals surface area contributed by atoms with Crippen molar-refractivity contribution >= 4 is 11.8 Å². The molecule has 17 heavy (non-hydrogen) atoms. The molecule has 0 aliphatic rings. The third kappa shape index (κ3) is 4.96. The normalized spacial score (nSPS) is 12.5. The largest absolute Gasteiger partial charge is 0.493 e. The molecule has 0 radical (unpaired) electrons. The van der Waals surface area contributed by atoms with Crippen LogP contribution >= 0.6 is 11.8 Å². The minimum Gasteiger partial charge on any atom is -0.493 e. The molecular weight excluding hydrogens is 237 g/mol. The summed E-state index contributed by atoms with van der Waals surface area (Å²) in [7, 11) is 0. The van der Waals surface area contributed by atoms with Gasteiger partial charge in [0.25, 0.3) is 0 Å². The molecule has 0 aliphatic heterocycles. The summed E-state index contributed by atoms with van der Waals surface area (Å²) in [6.45, 7) is 4.62. The fraction of sp³-hybridized carbons (Fsp3) is 0.538. The Kier molecular flexibility index (Phi) is 6.37. The predicted octanol–water partition coefficient (Wildman–Crippen LogP) is 3.37. The fourth-order valence-electron chi connectivity index (χ4n) is 1.49. The standard InChI is InChI=1S/C13H20FNOS/c1-3-17-8-4-7-16-13-6-5-11(14)9-12(13)10(2)15/h5-6,9-10H,3-4,7-8,15H2,1-2H3/t10-/m1/s1. The molecule has 0 spiro atoms. The summed E-state index contributed by atoms with van der Waals surface area (Å²) < 4.78 is 18.7. The van der Waals surface area contributed by atoms with Crippen LogP contribution in [0.4, 0.5) is 4.39 Å². The van der Waals surface area contributed by atoms with Gasteiger partial charge in [0, 0.05) is 11.6 Å². The Hall–Kier alpha value is -0.740. The van der Waals surface area contributed by atoms with Crippen molar-refractivity contribution < 1.29 is 9.13 Å². The number of nitrogens with two attached hydrogens (primary N) is 1. The van der Waals surface area contributed by atoms with Crippen molar-refractivity contribution in [3.63, 3.8) is 0 Å². The second-order valence-electron chi connectivity index (χ2n) is 3.87. The molecule has 0 saturated carbocycles. The molecule has 1 aromatic rings. The Labute approximate surface area is 107 Å². The van der Waals surface area contributed by atoms with Crippen molar-refractivity contribution in [3.8, 4) is 5.75 Å². The maximum absolute atomic E-state index is 13.1. The van der Waals surface area contributed by atoms with Crippen LogP contribution in [0.2, 0.25) is 0 Å². The number of rotatable bonds is 7. The van der Waals surface area contributed by atoms with Gasteiger partial charge in [-0.15, -0.1) is 0 Å². The highest BCUT2D eigenvalue weighted by Crippen LogP contribution is 2.24. The maximum Gasteiger partial charge on any atom is 0.124 e. The quantitative estimate of drug-likeness (QED) is 0.761. The number of ether oxygens (including phenoxy) is 1. The zero-order valence-corrected chi connectivity index (χ0v) is 11.2. The summed E-state index contributed by atoms with van der Waals surface area (Å²) >= 11 is 1.89. The molecule has 0 amide bonds. The summed E-state index contributed by atoms with van der Waals surface area (Å²) in [5, 5.41) is 0. The van der Waals surface area contributed by atoms with Gasteiger partial charge >= 0.3 is 0 Å². The first-order valence-corrected chi connectivity index (χ1v) is 7.06. The molecule has 0 aromatic heterocycles. The van der Waals surface area contributed by atoms with Gasteiger partial charge in [0.15, 0.2) is 0 Å². The Bertz CT molecular complexity index is 344. The lowest BCUT2D eigenvalue weighted by Gasteiger charge is -2.14. The summed E-state index contributed by atoms with van der Waals surface area (Å²) in [6.07, 6.45) is 0.994. The number of halogens is 1. The van der Waals surface area contributed by atoms with E-state index in [1.165, 1.54) is 12.1 Å². The van der Waals surface area contributed by atoms with Crippen LogP contribution in [0.25, 0.3) is 0 Å². The lowest BCUT2D eigenvalue weighted by Crippen LogP contribution is -2.09. The third-order valence-electron chi connectivity index (χ3n) is 2.36. The van der Waals surface area contributed by atoms with E-state index in [-0.39, 0.29) is 11.9 Å². The van der Waals surface area contributed by atoms with Crippen LogP contribution in [0.5, 0.6) is 5.75 Å². The molecular formula is C13H20FNOS. The number of hydrogen-bond donors (Lipinski definition) is 1. The molecule has 0 unspecified atom stereocenters. The lowest BCUT2D eigenvalue weighted by molar-refractivity contribution is 0.313. The number of benzene rings is 1. The molecule has 2 nitrogen and oxygen atoms in total. The van der Waals surface area contributed by atoms with E-state index in [2.05, 4.69) is 6.92 Å². The minimum absolute atomic E-state index is 0.217. The van der Waals surface area contributed by atoms with Gasteiger partial charge in [0.2, 0.25) is 0 Å². The van der Waals surface area contributed by atoms with Crippen molar-refractivity contribution in [3.05, 3.63) is 29.6 Å². The molecule has 0 bridgehead atoms. The number of thioether (sulfide) groups is 1. The second kappa shape index (κ2) is 7.56. The van der Waals surface area contributed by atoms with Crippen molar-refractivity contribution in [2.75, 3.05) is 18.1 Å². The summed E-state index contributed by atoms with van der Waals surface area (Å²) in [5.74, 6) is 2.64. The Morgan fingerprint density at radius 3 is 2.88 bits per heavy atom. The first-order valence-electron chi connectivity index (χ1n) is 5.90. The average molecular weight is 257 g/mol. The summed E-state index contributed by atoms with van der Waals surface area (Å²) in [6, 6.07) is 4.29. The topological polar surface area (TPSA) is 35.2 Å². The van der Waals surface area contributed by atoms with Crippen LogP contribution < -0.4 is 10.5 Å². The van der Waals surface area contributed by atoms with E-state index < -0.39 is 0 Å². The number of hydrogen-bond acceptors (Lipinski definition) is 3. The van der Waals surface area contributed by atoms with Gasteiger partial charge in [-0.1, -0.05) is 6.92 Å². The zero-order chi connectivity index (χ0) is 12.7. The van der Waals surface area contributed by atoms with E-state index in [1.807, 2.05) is 18.7 Å². The van der Waals surface area contributed by atoms with E-state index in [1.54, 1.807) is 6.07 Å². The SMILES string of the molecule is CCSCCCOc1ccc(F)cc1[C@@H](C)N. The molecule has 0 heterocycles. The van der Waals surface area contributed by atoms with Gasteiger partial charge in [-0.05, 0) is 43.0 Å². The van der Waals surface area contributed by atoms with Crippen LogP contribution in [0.3, 0.4) is 0 Å². The highest BCUT2D eigenvalue weighted by Gasteiger charge is 2.09. The average Bonchev–Trinajstić information content (AvgIpc) is 2.30. The van der Waals surface area contributed by atoms with E-state index in [4.69, 9.17) is 10.5 Å². The molecule has 1 rings (SSSR count). The van der Waals surface area contributed by atoms with E-state index >= 15 is 0 Å². The summed E-state index contributed by atoms with van der Waals surface area (Å²) in [4.78, 5) is 0. The van der Waals surface area contributed by atoms with Crippen molar-refractivity contribution in [2.45, 2.75) is 26.3 Å². The first kappa shape index (κ1) is 14.3. The van der Waals surface area contributed by atoms with Crippen molar-refractivity contribution in [1.29, 1.82) is 0 Å². The third-order valence-corrected chi connectivity index (χ3v) is 3.34. The first-order chi connectivity index (χ1) is 8.15. The van der Waals surface area contributed by atoms with Crippen LogP contribution in [0.1, 0.15) is 31.9 Å². The van der Waals surface area contributed by atoms with Crippen LogP contribution in [-0.4, -0.2) is 18.1 Å². The van der Waals surface area contributed by atoms with Crippen molar-refractivity contribution in [2.24, 2.45) is 5.73 Å². The molecule has 0 saturated heterocycles. The predicted molar refractivity (Wildman–Crippen MR) is 72.1 cm³/mol. The van der Waals surface area contributed by atoms with Gasteiger partial charge in [-0.3, -0.25) is 0 Å². The highest BCUT2D eigenvalue weighted by atomic mass is 32.2. The molecule has 96 valence electrons. The van der Waals surface area contributed by atoms with E-state index in [9.17, 15) is 4.39 Å². The Balaban J connectivity index is 2.52. The molecule has 1 aromatic carbocycles. The van der Waals surface area contributed by atoms with Gasteiger partial charge < -0.3 is 10.5 Å². The minimum atomic E-state index is -0.272. The Morgan fingerprint density at radius 1 is 1.47 bits per heavy atom. The van der Waals surface area contributed by atoms with Gasteiger partial charge in [0.05, 0.1) is 6.61 Å². The molecule has 4 heteroatoms. The molecule has 0 fully saturated rings. The fourth-order valence-corrected chi connectivity index (χ4v) is 2.10. The zero-order valence-electron chi connectivity index (χ0n) is 10.4. The van der Waals surface area contributed by atoms with Crippen LogP contribution in [0.15, 0.2) is 18.2 Å². The molecule has 1 atom stereocenters. The molecule has 2 N–H and O–H groups in total. The summed E-state index contributed by atoms with van der Waals surface area (Å²) in [5.41, 5.74) is 6.51. The maximum atomic E-state index is 13.1. The van der Waals surface area contributed by atoms with Gasteiger partial charge in [-0.2, -0.15) is 11.8 Å². The second-order valence-corrected chi connectivity index (χ2v) is 5.26. The van der Waals surface area contributed by atoms with Gasteiger partial charge in [0.1, 0.15) is 11.6 Å². The van der Waals surface area contributed by atoms with Gasteiger partial charge in [-0.25, -0.2) is 4.39 Å². The lowest BCUT2D eigenvalue weighted by atomic mass is 10.1. The van der Waals surface area contributed by atoms with Crippen molar-refractivity contribution in [1.82, 2.24) is 0 Å². The van der Waals surface area contributed by atoms with E-state index in [0.717, 1.165) is 23.5 Å². The van der Waals surface area contributed by atoms with E-state index in [0.29, 0.717) is 12.4 Å².